The average molecular weight is 164 g/mol. The van der Waals surface area contributed by atoms with Crippen LogP contribution in [0.3, 0.4) is 0 Å². The molecule has 0 fully saturated rings. The van der Waals surface area contributed by atoms with Crippen LogP contribution in [-0.2, 0) is 14.6 Å². The van der Waals surface area contributed by atoms with E-state index in [1.807, 2.05) is 0 Å². The van der Waals surface area contributed by atoms with E-state index in [1.165, 1.54) is 0 Å². The second-order valence-electron chi connectivity index (χ2n) is 1.56. The monoisotopic (exact) mass is 164 g/mol. The van der Waals surface area contributed by atoms with E-state index in [4.69, 9.17) is 9.66 Å². The summed E-state index contributed by atoms with van der Waals surface area (Å²) in [4.78, 5) is 0. The van der Waals surface area contributed by atoms with E-state index in [0.717, 1.165) is 0 Å². The molecule has 0 aromatic carbocycles. The number of hydrogen-bond acceptors (Lipinski definition) is 4. The summed E-state index contributed by atoms with van der Waals surface area (Å²) in [5, 5.41) is 8.48. The van der Waals surface area contributed by atoms with Crippen LogP contribution in [0.2, 0.25) is 0 Å². The van der Waals surface area contributed by atoms with Gasteiger partial charge in [0.05, 0.1) is 0 Å². The van der Waals surface area contributed by atoms with Gasteiger partial charge in [-0.05, 0) is 0 Å². The van der Waals surface area contributed by atoms with E-state index < -0.39 is 13.8 Å². The predicted molar refractivity (Wildman–Crippen MR) is 29.3 cm³/mol. The Morgan fingerprint density at radius 3 is 2.22 bits per heavy atom. The molecule has 0 saturated carbocycles. The Hall–Kier alpha value is 0.830. The number of aliphatic hydroxyl groups is 1. The fraction of sp³-hybridized carbons (Fsp3) is 1.00. The zero-order valence-electron chi connectivity index (χ0n) is 4.81. The summed E-state index contributed by atoms with van der Waals surface area (Å²) in [7, 11) is -4.36. The van der Waals surface area contributed by atoms with Gasteiger partial charge in [-0.25, -0.2) is 0 Å². The van der Waals surface area contributed by atoms with Gasteiger partial charge in [0.25, 0.3) is 0 Å². The summed E-state index contributed by atoms with van der Waals surface area (Å²) in [5.74, 6) is 0. The standard InChI is InChI=1S/C2H5O5S.Na/c3-1-2-7-8(4,5)6;/h1,3H,2H2,(H,4,5,6);. The van der Waals surface area contributed by atoms with Gasteiger partial charge in [-0.1, -0.05) is 0 Å². The van der Waals surface area contributed by atoms with E-state index in [0.29, 0.717) is 27.9 Å². The summed E-state index contributed by atoms with van der Waals surface area (Å²) in [6.07, 6.45) is 0. The van der Waals surface area contributed by atoms with Gasteiger partial charge in [0, 0.05) is 0 Å². The molecule has 7 heteroatoms. The first kappa shape index (κ1) is 9.83. The first-order chi connectivity index (χ1) is 3.92. The maximum absolute atomic E-state index is 9.77. The normalized spacial score (nSPS) is 15.6. The molecule has 0 radical (unpaired) electrons. The van der Waals surface area contributed by atoms with Crippen molar-refractivity contribution < 1.29 is 22.3 Å². The molecular weight excluding hydrogens is 159 g/mol. The molecule has 1 atom stereocenters. The van der Waals surface area contributed by atoms with E-state index in [2.05, 4.69) is 4.18 Å². The fourth-order valence-corrected chi connectivity index (χ4v) is 0.962. The van der Waals surface area contributed by atoms with E-state index in [1.54, 1.807) is 0 Å². The SMILES string of the molecule is O=S(=O)(O)OC[CH](O)[Na]. The molecular formula is C2H5NaO5S. The zero-order valence-corrected chi connectivity index (χ0v) is 7.63. The molecule has 0 spiro atoms. The van der Waals surface area contributed by atoms with Crippen LogP contribution in [0.15, 0.2) is 0 Å². The van der Waals surface area contributed by atoms with Crippen molar-refractivity contribution in [3.8, 4) is 0 Å². The van der Waals surface area contributed by atoms with E-state index in [-0.39, 0.29) is 6.61 Å². The molecule has 50 valence electrons. The van der Waals surface area contributed by atoms with Crippen molar-refractivity contribution in [2.24, 2.45) is 0 Å². The minimum atomic E-state index is -4.36. The van der Waals surface area contributed by atoms with Crippen LogP contribution >= 0.6 is 0 Å². The summed E-state index contributed by atoms with van der Waals surface area (Å²) in [5.41, 5.74) is 0. The summed E-state index contributed by atoms with van der Waals surface area (Å²) < 4.78 is 30.5. The molecule has 0 saturated heterocycles. The van der Waals surface area contributed by atoms with Crippen LogP contribution < -0.4 is 0 Å². The third-order valence-electron chi connectivity index (χ3n) is 0.458. The van der Waals surface area contributed by atoms with Gasteiger partial charge in [0.15, 0.2) is 0 Å². The Labute approximate surface area is 70.4 Å². The minimum absolute atomic E-state index is 0.356. The van der Waals surface area contributed by atoms with Gasteiger partial charge in [-0.3, -0.25) is 0 Å². The van der Waals surface area contributed by atoms with Gasteiger partial charge in [0.1, 0.15) is 0 Å². The maximum atomic E-state index is 9.77. The molecule has 0 aliphatic heterocycles. The molecule has 0 aliphatic carbocycles. The second kappa shape index (κ2) is 3.87. The third-order valence-corrected chi connectivity index (χ3v) is 1.23. The van der Waals surface area contributed by atoms with Crippen molar-refractivity contribution >= 4 is 38.3 Å². The molecule has 0 bridgehead atoms. The van der Waals surface area contributed by atoms with Crippen LogP contribution in [-0.4, -0.2) is 56.0 Å². The van der Waals surface area contributed by atoms with Gasteiger partial charge in [0.2, 0.25) is 0 Å². The van der Waals surface area contributed by atoms with Crippen molar-refractivity contribution in [1.82, 2.24) is 0 Å². The molecule has 2 N–H and O–H groups in total. The molecule has 0 aromatic heterocycles. The van der Waals surface area contributed by atoms with Crippen molar-refractivity contribution in [2.75, 3.05) is 6.61 Å². The average Bonchev–Trinajstić information content (AvgIpc) is 1.59. The Bertz CT molecular complexity index is 160. The first-order valence-electron chi connectivity index (χ1n) is 2.22. The van der Waals surface area contributed by atoms with Crippen molar-refractivity contribution in [1.29, 1.82) is 0 Å². The molecule has 0 amide bonds. The second-order valence-corrected chi connectivity index (χ2v) is 3.99. The van der Waals surface area contributed by atoms with Crippen molar-refractivity contribution in [2.45, 2.75) is 3.35 Å². The molecule has 0 aromatic rings. The topological polar surface area (TPSA) is 83.8 Å². The molecule has 0 aliphatic rings. The van der Waals surface area contributed by atoms with Crippen LogP contribution in [0, 0.1) is 0 Å². The van der Waals surface area contributed by atoms with Crippen LogP contribution in [0.1, 0.15) is 0 Å². The summed E-state index contributed by atoms with van der Waals surface area (Å²) >= 11 is 0.417. The molecule has 0 rings (SSSR count). The first-order valence-corrected chi connectivity index (χ1v) is 4.73. The van der Waals surface area contributed by atoms with Crippen LogP contribution in [0.25, 0.3) is 0 Å². The van der Waals surface area contributed by atoms with E-state index in [9.17, 15) is 8.42 Å². The van der Waals surface area contributed by atoms with Gasteiger partial charge < -0.3 is 0 Å². The number of aliphatic hydroxyl groups excluding tert-OH is 1. The summed E-state index contributed by atoms with van der Waals surface area (Å²) in [6.45, 7) is -0.356. The Balaban J connectivity index is 3.53. The summed E-state index contributed by atoms with van der Waals surface area (Å²) in [6, 6.07) is 0. The quantitative estimate of drug-likeness (QED) is 0.383. The molecule has 1 unspecified atom stereocenters. The Morgan fingerprint density at radius 2 is 2.11 bits per heavy atom. The van der Waals surface area contributed by atoms with Crippen molar-refractivity contribution in [3.63, 3.8) is 0 Å². The third kappa shape index (κ3) is 8.83. The van der Waals surface area contributed by atoms with Gasteiger partial charge in [-0.15, -0.1) is 0 Å². The molecule has 5 nitrogen and oxygen atoms in total. The van der Waals surface area contributed by atoms with Crippen LogP contribution in [0.4, 0.5) is 0 Å². The molecule has 9 heavy (non-hydrogen) atoms. The Kier molecular flexibility index (Phi) is 4.22. The fourth-order valence-electron chi connectivity index (χ4n) is 0.184. The van der Waals surface area contributed by atoms with Gasteiger partial charge in [-0.2, -0.15) is 0 Å². The van der Waals surface area contributed by atoms with Crippen molar-refractivity contribution in [3.05, 3.63) is 0 Å². The zero-order chi connectivity index (χ0) is 7.49. The number of hydrogen-bond donors (Lipinski definition) is 2. The van der Waals surface area contributed by atoms with Gasteiger partial charge >= 0.3 is 70.6 Å². The predicted octanol–water partition coefficient (Wildman–Crippen LogP) is -1.71. The Morgan fingerprint density at radius 1 is 1.67 bits per heavy atom. The van der Waals surface area contributed by atoms with Crippen LogP contribution in [0.5, 0.6) is 0 Å². The number of rotatable bonds is 3. The van der Waals surface area contributed by atoms with E-state index >= 15 is 0 Å². The molecule has 0 heterocycles.